The fourth-order valence-corrected chi connectivity index (χ4v) is 2.86. The number of benzene rings is 1. The number of amides is 2. The second-order valence-electron chi connectivity index (χ2n) is 5.27. The van der Waals surface area contributed by atoms with Gasteiger partial charge in [0.25, 0.3) is 0 Å². The molecule has 6 nitrogen and oxygen atoms in total. The summed E-state index contributed by atoms with van der Waals surface area (Å²) in [5.41, 5.74) is 8.00. The normalized spacial score (nSPS) is 21.8. The maximum atomic E-state index is 12.4. The smallest absolute Gasteiger partial charge is 0.228 e. The first-order chi connectivity index (χ1) is 10.1. The lowest BCUT2D eigenvalue weighted by atomic mass is 9.97. The van der Waals surface area contributed by atoms with Gasteiger partial charge in [0.05, 0.1) is 17.7 Å². The molecule has 0 saturated carbocycles. The Hall–Kier alpha value is -2.63. The summed E-state index contributed by atoms with van der Waals surface area (Å²) in [5.74, 6) is -1.14. The van der Waals surface area contributed by atoms with Crippen LogP contribution in [-0.4, -0.2) is 22.0 Å². The Kier molecular flexibility index (Phi) is 3.21. The number of nitrogens with zero attached hydrogens (tertiary/aromatic N) is 2. The van der Waals surface area contributed by atoms with E-state index >= 15 is 0 Å². The van der Waals surface area contributed by atoms with Crippen molar-refractivity contribution in [3.8, 4) is 0 Å². The molecule has 1 saturated heterocycles. The molecular formula is C15H16N4O2. The van der Waals surface area contributed by atoms with Gasteiger partial charge in [0.15, 0.2) is 0 Å². The minimum Gasteiger partial charge on any atom is -0.369 e. The van der Waals surface area contributed by atoms with Crippen molar-refractivity contribution >= 4 is 17.5 Å². The number of hydrogen-bond acceptors (Lipinski definition) is 3. The molecular weight excluding hydrogens is 268 g/mol. The number of primary amides is 1. The zero-order valence-corrected chi connectivity index (χ0v) is 11.6. The summed E-state index contributed by atoms with van der Waals surface area (Å²) in [6.45, 7) is 1.96. The first-order valence-corrected chi connectivity index (χ1v) is 6.75. The van der Waals surface area contributed by atoms with E-state index < -0.39 is 17.9 Å². The van der Waals surface area contributed by atoms with Crippen molar-refractivity contribution < 1.29 is 9.59 Å². The van der Waals surface area contributed by atoms with E-state index in [0.29, 0.717) is 5.69 Å². The van der Waals surface area contributed by atoms with Crippen molar-refractivity contribution in [3.63, 3.8) is 0 Å². The molecule has 0 radical (unpaired) electrons. The van der Waals surface area contributed by atoms with Gasteiger partial charge in [-0.3, -0.25) is 14.7 Å². The van der Waals surface area contributed by atoms with Crippen LogP contribution in [-0.2, 0) is 9.59 Å². The zero-order chi connectivity index (χ0) is 15.0. The molecule has 2 aromatic rings. The fourth-order valence-electron chi connectivity index (χ4n) is 2.86. The third-order valence-corrected chi connectivity index (χ3v) is 3.81. The summed E-state index contributed by atoms with van der Waals surface area (Å²) in [5, 5.41) is 6.76. The van der Waals surface area contributed by atoms with Gasteiger partial charge in [0.2, 0.25) is 11.8 Å². The lowest BCUT2D eigenvalue weighted by molar-refractivity contribution is -0.124. The molecule has 1 aromatic heterocycles. The first-order valence-electron chi connectivity index (χ1n) is 6.75. The van der Waals surface area contributed by atoms with E-state index in [2.05, 4.69) is 10.2 Å². The number of hydrogen-bond donors (Lipinski definition) is 2. The first kappa shape index (κ1) is 13.4. The molecule has 2 unspecified atom stereocenters. The number of aryl methyl sites for hydroxylation is 1. The predicted octanol–water partition coefficient (Wildman–Crippen LogP) is 1.30. The number of aromatic nitrogens is 2. The molecule has 3 N–H and O–H groups in total. The Labute approximate surface area is 121 Å². The summed E-state index contributed by atoms with van der Waals surface area (Å²) in [6.07, 6.45) is 1.72. The molecule has 2 amide bonds. The Bertz CT molecular complexity index is 681. The van der Waals surface area contributed by atoms with E-state index in [4.69, 9.17) is 5.73 Å². The van der Waals surface area contributed by atoms with Crippen molar-refractivity contribution in [2.45, 2.75) is 19.4 Å². The highest BCUT2D eigenvalue weighted by Gasteiger charge is 2.45. The number of anilines is 1. The van der Waals surface area contributed by atoms with Crippen molar-refractivity contribution in [1.29, 1.82) is 0 Å². The third-order valence-electron chi connectivity index (χ3n) is 3.81. The number of carbonyl (C=O) groups excluding carboxylic acids is 2. The van der Waals surface area contributed by atoms with Gasteiger partial charge in [0, 0.05) is 18.3 Å². The molecule has 21 heavy (non-hydrogen) atoms. The van der Waals surface area contributed by atoms with Crippen LogP contribution in [0.3, 0.4) is 0 Å². The van der Waals surface area contributed by atoms with Crippen LogP contribution in [0.1, 0.15) is 23.7 Å². The van der Waals surface area contributed by atoms with Gasteiger partial charge in [0.1, 0.15) is 0 Å². The highest BCUT2D eigenvalue weighted by Crippen LogP contribution is 2.40. The van der Waals surface area contributed by atoms with Crippen LogP contribution in [0.4, 0.5) is 5.69 Å². The third kappa shape index (κ3) is 2.29. The van der Waals surface area contributed by atoms with Crippen LogP contribution < -0.4 is 10.6 Å². The molecule has 1 aromatic carbocycles. The van der Waals surface area contributed by atoms with Gasteiger partial charge in [-0.15, -0.1) is 0 Å². The van der Waals surface area contributed by atoms with Crippen LogP contribution in [0.25, 0.3) is 0 Å². The van der Waals surface area contributed by atoms with Crippen molar-refractivity contribution in [3.05, 3.63) is 47.8 Å². The minimum atomic E-state index is -0.557. The van der Waals surface area contributed by atoms with E-state index in [0.717, 1.165) is 11.3 Å². The monoisotopic (exact) mass is 284 g/mol. The molecule has 1 aliphatic heterocycles. The van der Waals surface area contributed by atoms with E-state index in [1.54, 1.807) is 17.2 Å². The number of aromatic amines is 1. The van der Waals surface area contributed by atoms with Crippen molar-refractivity contribution in [2.75, 3.05) is 4.90 Å². The predicted molar refractivity (Wildman–Crippen MR) is 77.3 cm³/mol. The Morgan fingerprint density at radius 3 is 2.86 bits per heavy atom. The van der Waals surface area contributed by atoms with Gasteiger partial charge in [-0.05, 0) is 30.7 Å². The molecule has 0 bridgehead atoms. The van der Waals surface area contributed by atoms with E-state index in [1.165, 1.54) is 0 Å². The molecule has 0 aliphatic carbocycles. The van der Waals surface area contributed by atoms with E-state index in [1.807, 2.05) is 31.2 Å². The topological polar surface area (TPSA) is 92.1 Å². The lowest BCUT2D eigenvalue weighted by Crippen LogP contribution is -2.33. The SMILES string of the molecule is Cc1cccc(N2C(=O)CC(C(N)=O)C2c2ccn[nH]2)c1. The molecule has 1 fully saturated rings. The number of carbonyl (C=O) groups is 2. The molecule has 2 heterocycles. The second-order valence-corrected chi connectivity index (χ2v) is 5.27. The van der Waals surface area contributed by atoms with Gasteiger partial charge >= 0.3 is 0 Å². The second kappa shape index (κ2) is 5.05. The maximum Gasteiger partial charge on any atom is 0.228 e. The highest BCUT2D eigenvalue weighted by molar-refractivity contribution is 6.01. The Morgan fingerprint density at radius 2 is 2.24 bits per heavy atom. The summed E-state index contributed by atoms with van der Waals surface area (Å²) >= 11 is 0. The maximum absolute atomic E-state index is 12.4. The van der Waals surface area contributed by atoms with Gasteiger partial charge in [-0.25, -0.2) is 0 Å². The average molecular weight is 284 g/mol. The molecule has 108 valence electrons. The number of rotatable bonds is 3. The number of H-pyrrole nitrogens is 1. The molecule has 1 aliphatic rings. The molecule has 2 atom stereocenters. The average Bonchev–Trinajstić information content (AvgIpc) is 3.05. The molecule has 3 rings (SSSR count). The Morgan fingerprint density at radius 1 is 1.43 bits per heavy atom. The van der Waals surface area contributed by atoms with Crippen LogP contribution in [0.5, 0.6) is 0 Å². The van der Waals surface area contributed by atoms with Gasteiger partial charge < -0.3 is 10.6 Å². The van der Waals surface area contributed by atoms with Gasteiger partial charge in [-0.1, -0.05) is 12.1 Å². The van der Waals surface area contributed by atoms with Crippen molar-refractivity contribution in [2.24, 2.45) is 11.7 Å². The van der Waals surface area contributed by atoms with E-state index in [9.17, 15) is 9.59 Å². The summed E-state index contributed by atoms with van der Waals surface area (Å²) < 4.78 is 0. The number of nitrogens with one attached hydrogen (secondary N) is 1. The van der Waals surface area contributed by atoms with Crippen LogP contribution in [0.15, 0.2) is 36.5 Å². The van der Waals surface area contributed by atoms with Gasteiger partial charge in [-0.2, -0.15) is 5.10 Å². The largest absolute Gasteiger partial charge is 0.369 e. The van der Waals surface area contributed by atoms with Crippen LogP contribution >= 0.6 is 0 Å². The quantitative estimate of drug-likeness (QED) is 0.889. The van der Waals surface area contributed by atoms with Crippen LogP contribution in [0.2, 0.25) is 0 Å². The summed E-state index contributed by atoms with van der Waals surface area (Å²) in [4.78, 5) is 25.7. The standard InChI is InChI=1S/C15H16N4O2/c1-9-3-2-4-10(7-9)19-13(20)8-11(15(16)21)14(19)12-5-6-17-18-12/h2-7,11,14H,8H2,1H3,(H2,16,21)(H,17,18). The summed E-state index contributed by atoms with van der Waals surface area (Å²) in [6, 6.07) is 8.96. The van der Waals surface area contributed by atoms with Crippen LogP contribution in [0, 0.1) is 12.8 Å². The minimum absolute atomic E-state index is 0.107. The molecule has 0 spiro atoms. The number of nitrogens with two attached hydrogens (primary N) is 1. The summed E-state index contributed by atoms with van der Waals surface area (Å²) in [7, 11) is 0. The van der Waals surface area contributed by atoms with Crippen molar-refractivity contribution in [1.82, 2.24) is 10.2 Å². The fraction of sp³-hybridized carbons (Fsp3) is 0.267. The molecule has 6 heteroatoms. The lowest BCUT2D eigenvalue weighted by Gasteiger charge is -2.26. The van der Waals surface area contributed by atoms with E-state index in [-0.39, 0.29) is 12.3 Å². The highest BCUT2D eigenvalue weighted by atomic mass is 16.2. The Balaban J connectivity index is 2.08. The zero-order valence-electron chi connectivity index (χ0n) is 11.6.